The Balaban J connectivity index is 0.00000449. The summed E-state index contributed by atoms with van der Waals surface area (Å²) in [6.45, 7) is 8.79. The molecule has 292 valence electrons. The molecule has 0 radical (unpaired) electrons. The largest absolute Gasteiger partial charge is 0 e. The van der Waals surface area contributed by atoms with E-state index in [4.69, 9.17) is 14.7 Å². The Morgan fingerprint density at radius 1 is 0.576 bits per heavy atom. The minimum atomic E-state index is -0.650. The van der Waals surface area contributed by atoms with Gasteiger partial charge in [0, 0.05) is 21.1 Å². The van der Waals surface area contributed by atoms with Crippen LogP contribution in [0.5, 0.6) is 11.5 Å². The number of rotatable bonds is 7. The number of benzene rings is 6. The van der Waals surface area contributed by atoms with Crippen LogP contribution in [0.2, 0.25) is 0 Å². The van der Waals surface area contributed by atoms with Crippen LogP contribution in [0, 0.1) is 18.8 Å². The molecule has 0 bridgehead atoms. The summed E-state index contributed by atoms with van der Waals surface area (Å²) in [4.78, 5) is 16.3. The van der Waals surface area contributed by atoms with E-state index in [0.717, 1.165) is 62.3 Å². The fourth-order valence-electron chi connectivity index (χ4n) is 7.45. The second kappa shape index (κ2) is 16.2. The van der Waals surface area contributed by atoms with Gasteiger partial charge >= 0.3 is 245 Å². The predicted octanol–water partition coefficient (Wildman–Crippen LogP) is 11.3. The minimum Gasteiger partial charge on any atom is 0 e. The van der Waals surface area contributed by atoms with Gasteiger partial charge in [-0.2, -0.15) is 0 Å². The third kappa shape index (κ3) is 7.67. The molecule has 0 amide bonds. The van der Waals surface area contributed by atoms with E-state index >= 15 is 0 Å². The molecule has 6 aromatic carbocycles. The number of hydrogen-bond acceptors (Lipinski definition) is 6. The van der Waals surface area contributed by atoms with Crippen molar-refractivity contribution in [3.05, 3.63) is 194 Å². The molecule has 8 aromatic rings. The second-order valence-corrected chi connectivity index (χ2v) is 18.4. The topological polar surface area (TPSA) is 44.7 Å². The van der Waals surface area contributed by atoms with Gasteiger partial charge in [0.25, 0.3) is 0 Å². The molecule has 4 heterocycles. The average Bonchev–Trinajstić information content (AvgIpc) is 3.66. The SMILES string of the molecule is CC(C)(C)c1ccnc(N2c3[c-]c(Oc4[c-]c(N5[CH-]N(c6cc(-c7ccccc7)cc(-c7ccccc7)c6)c6cccnc65)ccc4)ccc3[Te]c3ccccc32)c1.[Pt]. The summed E-state index contributed by atoms with van der Waals surface area (Å²) >= 11 is -0.650. The maximum atomic E-state index is 6.61. The number of para-hydroxylation sites is 1. The van der Waals surface area contributed by atoms with Crippen LogP contribution in [0.3, 0.4) is 0 Å². The predicted molar refractivity (Wildman–Crippen MR) is 237 cm³/mol. The molecule has 2 aromatic heterocycles. The summed E-state index contributed by atoms with van der Waals surface area (Å²) in [5.41, 5.74) is 10.8. The van der Waals surface area contributed by atoms with Crippen molar-refractivity contribution in [2.75, 3.05) is 14.7 Å². The normalized spacial score (nSPS) is 13.0. The average molecular weight is 1060 g/mol. The van der Waals surface area contributed by atoms with Crippen LogP contribution in [0.25, 0.3) is 22.3 Å². The van der Waals surface area contributed by atoms with Crippen molar-refractivity contribution in [3.63, 3.8) is 0 Å². The molecule has 0 atom stereocenters. The summed E-state index contributed by atoms with van der Waals surface area (Å²) in [5, 5.41) is 0. The van der Waals surface area contributed by atoms with E-state index < -0.39 is 20.9 Å². The van der Waals surface area contributed by atoms with Crippen LogP contribution >= 0.6 is 0 Å². The van der Waals surface area contributed by atoms with Gasteiger partial charge in [0.05, 0.1) is 0 Å². The van der Waals surface area contributed by atoms with Crippen LogP contribution < -0.4 is 26.7 Å². The third-order valence-electron chi connectivity index (χ3n) is 10.4. The Labute approximate surface area is 370 Å². The van der Waals surface area contributed by atoms with Gasteiger partial charge in [-0.15, -0.1) is 0 Å². The van der Waals surface area contributed by atoms with Crippen molar-refractivity contribution in [1.82, 2.24) is 9.97 Å². The number of nitrogens with zero attached hydrogens (tertiary/aromatic N) is 5. The van der Waals surface area contributed by atoms with E-state index in [1.807, 2.05) is 42.7 Å². The molecule has 0 N–H and O–H groups in total. The monoisotopic (exact) mass is 1060 g/mol. The number of aromatic nitrogens is 2. The molecule has 59 heavy (non-hydrogen) atoms. The Morgan fingerprint density at radius 3 is 2.02 bits per heavy atom. The van der Waals surface area contributed by atoms with E-state index in [-0.39, 0.29) is 26.5 Å². The quantitative estimate of drug-likeness (QED) is 0.117. The van der Waals surface area contributed by atoms with E-state index in [1.165, 1.54) is 12.8 Å². The Bertz CT molecular complexity index is 2730. The van der Waals surface area contributed by atoms with Crippen LogP contribution in [0.4, 0.5) is 40.1 Å². The molecule has 0 saturated carbocycles. The van der Waals surface area contributed by atoms with Gasteiger partial charge in [0.1, 0.15) is 0 Å². The zero-order valence-electron chi connectivity index (χ0n) is 32.6. The Hall–Kier alpha value is -5.70. The van der Waals surface area contributed by atoms with E-state index in [2.05, 4.69) is 182 Å². The summed E-state index contributed by atoms with van der Waals surface area (Å²) in [6, 6.07) is 62.3. The number of fused-ring (bicyclic) bond motifs is 3. The molecule has 0 fully saturated rings. The summed E-state index contributed by atoms with van der Waals surface area (Å²) < 4.78 is 9.27. The van der Waals surface area contributed by atoms with Crippen molar-refractivity contribution in [3.8, 4) is 33.8 Å². The summed E-state index contributed by atoms with van der Waals surface area (Å²) in [7, 11) is 0. The molecule has 0 unspecified atom stereocenters. The first-order valence-corrected chi connectivity index (χ1v) is 21.6. The zero-order chi connectivity index (χ0) is 39.2. The van der Waals surface area contributed by atoms with Gasteiger partial charge in [-0.3, -0.25) is 0 Å². The first-order chi connectivity index (χ1) is 28.4. The number of hydrogen-bond donors (Lipinski definition) is 0. The van der Waals surface area contributed by atoms with E-state index in [9.17, 15) is 0 Å². The van der Waals surface area contributed by atoms with Gasteiger partial charge in [-0.1, -0.05) is 60.7 Å². The van der Waals surface area contributed by atoms with Gasteiger partial charge in [-0.25, -0.2) is 0 Å². The first kappa shape index (κ1) is 38.8. The maximum absolute atomic E-state index is 6.61. The van der Waals surface area contributed by atoms with Crippen LogP contribution in [0.1, 0.15) is 26.3 Å². The molecular weight excluding hydrogens is 1020 g/mol. The molecule has 10 rings (SSSR count). The number of pyridine rings is 2. The van der Waals surface area contributed by atoms with Gasteiger partial charge in [-0.05, 0) is 46.5 Å². The molecular formula is C51H38N5OPtTe-3. The molecule has 2 aliphatic heterocycles. The van der Waals surface area contributed by atoms with Crippen molar-refractivity contribution in [2.24, 2.45) is 0 Å². The van der Waals surface area contributed by atoms with Gasteiger partial charge < -0.3 is 0 Å². The van der Waals surface area contributed by atoms with E-state index in [1.54, 1.807) is 0 Å². The zero-order valence-corrected chi connectivity index (χ0v) is 37.2. The third-order valence-corrected chi connectivity index (χ3v) is 13.6. The number of ether oxygens (including phenoxy) is 1. The second-order valence-electron chi connectivity index (χ2n) is 15.3. The molecule has 6 nitrogen and oxygen atoms in total. The molecule has 8 heteroatoms. The standard InChI is InChI=1S/C51H38N5OTe.Pt/c1-51(2,3)39-25-27-52-49(31-39)56-44-20-10-11-22-47(44)58-48-24-23-43(33-46(48)56)57-42-19-12-18-40(32-42)55-34-54(45-21-13-26-53-50(45)55)41-29-37(35-14-6-4-7-15-35)28-38(30-41)36-16-8-5-9-17-36;/h4-31,34H,1-3H3;/q-3;. The Kier molecular flexibility index (Phi) is 10.6. The van der Waals surface area contributed by atoms with Crippen molar-refractivity contribution >= 4 is 68.2 Å². The number of anilines is 7. The molecule has 0 aliphatic carbocycles. The van der Waals surface area contributed by atoms with Crippen molar-refractivity contribution < 1.29 is 25.8 Å². The molecule has 0 spiro atoms. The van der Waals surface area contributed by atoms with Gasteiger partial charge in [0.15, 0.2) is 0 Å². The van der Waals surface area contributed by atoms with E-state index in [0.29, 0.717) is 11.5 Å². The van der Waals surface area contributed by atoms with Crippen LogP contribution in [0.15, 0.2) is 170 Å². The summed E-state index contributed by atoms with van der Waals surface area (Å²) in [5.74, 6) is 2.89. The minimum absolute atomic E-state index is 0. The fraction of sp³-hybridized carbons (Fsp3) is 0.0784. The first-order valence-electron chi connectivity index (χ1n) is 19.3. The van der Waals surface area contributed by atoms with Crippen LogP contribution in [-0.4, -0.2) is 30.9 Å². The van der Waals surface area contributed by atoms with Gasteiger partial charge in [0.2, 0.25) is 0 Å². The smallest absolute Gasteiger partial charge is 0 e. The molecule has 2 aliphatic rings. The van der Waals surface area contributed by atoms with Crippen molar-refractivity contribution in [1.29, 1.82) is 0 Å². The Morgan fingerprint density at radius 2 is 1.27 bits per heavy atom. The fourth-order valence-corrected chi connectivity index (χ4v) is 10.4. The molecule has 0 saturated heterocycles. The van der Waals surface area contributed by atoms with Crippen LogP contribution in [-0.2, 0) is 26.5 Å². The maximum Gasteiger partial charge on any atom is 0 e. The van der Waals surface area contributed by atoms with Crippen molar-refractivity contribution in [2.45, 2.75) is 26.2 Å². The summed E-state index contributed by atoms with van der Waals surface area (Å²) in [6.07, 6.45) is 3.75.